The van der Waals surface area contributed by atoms with Crippen molar-refractivity contribution < 1.29 is 9.59 Å². The molecule has 1 unspecified atom stereocenters. The van der Waals surface area contributed by atoms with Gasteiger partial charge >= 0.3 is 0 Å². The molecule has 2 rings (SSSR count). The average Bonchev–Trinajstić information content (AvgIpc) is 2.47. The van der Waals surface area contributed by atoms with Gasteiger partial charge in [-0.25, -0.2) is 0 Å². The van der Waals surface area contributed by atoms with E-state index in [0.29, 0.717) is 19.6 Å². The Morgan fingerprint density at radius 3 is 2.65 bits per heavy atom. The molecule has 114 valence electrons. The number of piperazine rings is 1. The van der Waals surface area contributed by atoms with Crippen molar-refractivity contribution in [1.29, 1.82) is 0 Å². The Hall–Kier alpha value is -1.10. The Morgan fingerprint density at radius 2 is 2.00 bits per heavy atom. The monoisotopic (exact) mass is 281 g/mol. The topological polar surface area (TPSA) is 61.4 Å². The van der Waals surface area contributed by atoms with Crippen LogP contribution < -0.4 is 10.6 Å². The van der Waals surface area contributed by atoms with E-state index in [1.165, 1.54) is 6.42 Å². The molecule has 0 aromatic rings. The average molecular weight is 281 g/mol. The number of amides is 2. The lowest BCUT2D eigenvalue weighted by molar-refractivity contribution is -0.150. The third-order valence-electron chi connectivity index (χ3n) is 4.63. The number of likely N-dealkylation sites (N-methyl/N-ethyl adjacent to an activating group) is 1. The summed E-state index contributed by atoms with van der Waals surface area (Å²) >= 11 is 0. The van der Waals surface area contributed by atoms with Gasteiger partial charge in [-0.2, -0.15) is 0 Å². The van der Waals surface area contributed by atoms with Gasteiger partial charge in [-0.05, 0) is 19.8 Å². The summed E-state index contributed by atoms with van der Waals surface area (Å²) in [5.74, 6) is 0.141. The lowest BCUT2D eigenvalue weighted by Crippen LogP contribution is -2.62. The fourth-order valence-electron chi connectivity index (χ4n) is 3.37. The van der Waals surface area contributed by atoms with E-state index < -0.39 is 0 Å². The molecule has 1 heterocycles. The van der Waals surface area contributed by atoms with E-state index in [2.05, 4.69) is 17.6 Å². The zero-order chi connectivity index (χ0) is 14.6. The molecule has 0 bridgehead atoms. The van der Waals surface area contributed by atoms with Crippen LogP contribution >= 0.6 is 0 Å². The van der Waals surface area contributed by atoms with Crippen molar-refractivity contribution in [3.8, 4) is 0 Å². The van der Waals surface area contributed by atoms with Crippen LogP contribution in [-0.4, -0.2) is 48.9 Å². The number of carbonyl (C=O) groups excluding carboxylic acids is 2. The van der Waals surface area contributed by atoms with Gasteiger partial charge < -0.3 is 15.5 Å². The summed E-state index contributed by atoms with van der Waals surface area (Å²) < 4.78 is 0. The van der Waals surface area contributed by atoms with Gasteiger partial charge in [0.15, 0.2) is 0 Å². The number of hydrogen-bond acceptors (Lipinski definition) is 3. The molecule has 1 aliphatic carbocycles. The Bertz CT molecular complexity index is 364. The molecule has 2 N–H and O–H groups in total. The minimum absolute atomic E-state index is 0.0348. The molecular formula is C15H27N3O2. The molecule has 5 nitrogen and oxygen atoms in total. The third-order valence-corrected chi connectivity index (χ3v) is 4.63. The van der Waals surface area contributed by atoms with E-state index in [0.717, 1.165) is 32.2 Å². The summed E-state index contributed by atoms with van der Waals surface area (Å²) in [7, 11) is 0. The molecule has 0 radical (unpaired) electrons. The molecule has 0 aromatic carbocycles. The van der Waals surface area contributed by atoms with Crippen LogP contribution in [0.1, 0.15) is 46.0 Å². The predicted molar refractivity (Wildman–Crippen MR) is 78.2 cm³/mol. The molecule has 5 heteroatoms. The highest BCUT2D eigenvalue weighted by Gasteiger charge is 2.42. The minimum Gasteiger partial charge on any atom is -0.355 e. The number of nitrogens with one attached hydrogen (secondary N) is 2. The molecule has 1 saturated heterocycles. The van der Waals surface area contributed by atoms with Crippen LogP contribution in [0.5, 0.6) is 0 Å². The van der Waals surface area contributed by atoms with Gasteiger partial charge in [0.2, 0.25) is 11.8 Å². The summed E-state index contributed by atoms with van der Waals surface area (Å²) in [5, 5.41) is 6.06. The van der Waals surface area contributed by atoms with E-state index in [1.807, 2.05) is 11.8 Å². The van der Waals surface area contributed by atoms with Crippen molar-refractivity contribution in [2.24, 2.45) is 5.41 Å². The maximum absolute atomic E-state index is 12.9. The van der Waals surface area contributed by atoms with E-state index >= 15 is 0 Å². The van der Waals surface area contributed by atoms with Crippen LogP contribution in [0.4, 0.5) is 0 Å². The summed E-state index contributed by atoms with van der Waals surface area (Å²) in [6.45, 7) is 6.56. The van der Waals surface area contributed by atoms with Gasteiger partial charge in [-0.3, -0.25) is 9.59 Å². The van der Waals surface area contributed by atoms with Gasteiger partial charge in [0.25, 0.3) is 0 Å². The molecule has 1 saturated carbocycles. The molecule has 2 fully saturated rings. The van der Waals surface area contributed by atoms with Gasteiger partial charge in [-0.15, -0.1) is 0 Å². The number of rotatable bonds is 3. The van der Waals surface area contributed by atoms with Gasteiger partial charge in [0.1, 0.15) is 6.04 Å². The highest BCUT2D eigenvalue weighted by atomic mass is 16.2. The van der Waals surface area contributed by atoms with Crippen LogP contribution in [-0.2, 0) is 9.59 Å². The number of carbonyl (C=O) groups is 2. The lowest BCUT2D eigenvalue weighted by Gasteiger charge is -2.42. The van der Waals surface area contributed by atoms with Crippen molar-refractivity contribution in [2.45, 2.75) is 52.0 Å². The molecule has 1 atom stereocenters. The van der Waals surface area contributed by atoms with Crippen molar-refractivity contribution >= 4 is 11.8 Å². The largest absolute Gasteiger partial charge is 0.355 e. The zero-order valence-corrected chi connectivity index (χ0v) is 12.7. The maximum Gasteiger partial charge on any atom is 0.244 e. The fourth-order valence-corrected chi connectivity index (χ4v) is 3.37. The summed E-state index contributed by atoms with van der Waals surface area (Å²) in [4.78, 5) is 26.9. The SMILES string of the molecule is CCNC(=O)C1CNCCN1C(=O)C1(C)CCCCC1. The molecular weight excluding hydrogens is 254 g/mol. The molecule has 2 amide bonds. The van der Waals surface area contributed by atoms with Crippen LogP contribution in [0.25, 0.3) is 0 Å². The molecule has 20 heavy (non-hydrogen) atoms. The highest BCUT2D eigenvalue weighted by molar-refractivity contribution is 5.90. The maximum atomic E-state index is 12.9. The van der Waals surface area contributed by atoms with Crippen LogP contribution in [0.3, 0.4) is 0 Å². The van der Waals surface area contributed by atoms with Crippen LogP contribution in [0.15, 0.2) is 0 Å². The first-order valence-electron chi connectivity index (χ1n) is 7.88. The Kier molecular flexibility index (Phi) is 5.02. The van der Waals surface area contributed by atoms with E-state index in [-0.39, 0.29) is 23.3 Å². The van der Waals surface area contributed by atoms with E-state index in [9.17, 15) is 9.59 Å². The fraction of sp³-hybridized carbons (Fsp3) is 0.867. The van der Waals surface area contributed by atoms with Crippen molar-refractivity contribution in [1.82, 2.24) is 15.5 Å². The number of nitrogens with zero attached hydrogens (tertiary/aromatic N) is 1. The van der Waals surface area contributed by atoms with Gasteiger partial charge in [0, 0.05) is 31.6 Å². The quantitative estimate of drug-likeness (QED) is 0.808. The standard InChI is InChI=1S/C15H27N3O2/c1-3-17-13(19)12-11-16-9-10-18(12)14(20)15(2)7-5-4-6-8-15/h12,16H,3-11H2,1-2H3,(H,17,19). The van der Waals surface area contributed by atoms with E-state index in [4.69, 9.17) is 0 Å². The summed E-state index contributed by atoms with van der Waals surface area (Å²) in [5.41, 5.74) is -0.264. The molecule has 0 spiro atoms. The molecule has 2 aliphatic rings. The number of hydrogen-bond donors (Lipinski definition) is 2. The van der Waals surface area contributed by atoms with E-state index in [1.54, 1.807) is 0 Å². The van der Waals surface area contributed by atoms with Crippen LogP contribution in [0.2, 0.25) is 0 Å². The lowest BCUT2D eigenvalue weighted by atomic mass is 9.74. The predicted octanol–water partition coefficient (Wildman–Crippen LogP) is 0.893. The second-order valence-corrected chi connectivity index (χ2v) is 6.23. The molecule has 0 aromatic heterocycles. The van der Waals surface area contributed by atoms with Crippen molar-refractivity contribution in [3.63, 3.8) is 0 Å². The Balaban J connectivity index is 2.10. The summed E-state index contributed by atoms with van der Waals surface area (Å²) in [6, 6.07) is -0.352. The summed E-state index contributed by atoms with van der Waals surface area (Å²) in [6.07, 6.45) is 5.39. The Morgan fingerprint density at radius 1 is 1.30 bits per heavy atom. The smallest absolute Gasteiger partial charge is 0.244 e. The van der Waals surface area contributed by atoms with Crippen LogP contribution in [0, 0.1) is 5.41 Å². The first-order valence-corrected chi connectivity index (χ1v) is 7.88. The van der Waals surface area contributed by atoms with Crippen molar-refractivity contribution in [2.75, 3.05) is 26.2 Å². The normalized spacial score (nSPS) is 26.1. The zero-order valence-electron chi connectivity index (χ0n) is 12.7. The second-order valence-electron chi connectivity index (χ2n) is 6.23. The van der Waals surface area contributed by atoms with Gasteiger partial charge in [-0.1, -0.05) is 26.2 Å². The third kappa shape index (κ3) is 3.14. The molecule has 1 aliphatic heterocycles. The van der Waals surface area contributed by atoms with Crippen molar-refractivity contribution in [3.05, 3.63) is 0 Å². The van der Waals surface area contributed by atoms with Gasteiger partial charge in [0.05, 0.1) is 0 Å². The first-order chi connectivity index (χ1) is 9.58. The minimum atomic E-state index is -0.352. The Labute approximate surface area is 121 Å². The highest BCUT2D eigenvalue weighted by Crippen LogP contribution is 2.38. The second kappa shape index (κ2) is 6.57. The first kappa shape index (κ1) is 15.3.